The van der Waals surface area contributed by atoms with E-state index in [0.717, 1.165) is 9.13 Å². The van der Waals surface area contributed by atoms with Crippen LogP contribution in [0.5, 0.6) is 0 Å². The van der Waals surface area contributed by atoms with Crippen LogP contribution in [-0.4, -0.2) is 105 Å². The molecule has 0 spiro atoms. The molecule has 0 saturated carbocycles. The number of aromatic nitrogens is 12. The molecule has 360 valence electrons. The van der Waals surface area contributed by atoms with Crippen LogP contribution in [0.4, 0.5) is 32.6 Å². The maximum atomic E-state index is 13.0. The molecular formula is C32H29ClF2N16O17. The van der Waals surface area contributed by atoms with Gasteiger partial charge in [0.15, 0.2) is 0 Å². The first-order valence-corrected chi connectivity index (χ1v) is 18.5. The lowest BCUT2D eigenvalue weighted by Gasteiger charge is -2.04. The van der Waals surface area contributed by atoms with Crippen molar-refractivity contribution in [2.45, 2.75) is 51.9 Å². The predicted octanol–water partition coefficient (Wildman–Crippen LogP) is 0.235. The summed E-state index contributed by atoms with van der Waals surface area (Å²) in [5.41, 5.74) is -4.75. The highest BCUT2D eigenvalue weighted by atomic mass is 35.5. The summed E-state index contributed by atoms with van der Waals surface area (Å²) in [5.74, 6) is -6.91. The standard InChI is InChI=1S/2C10H8FN5O5.C6H6ClN3O3.C6H7N3O4/c11-6-5-15(10(19)13-8(6)18)7(17)1-3-14-4-2-12-9(14)16(20)21;11-6-5-13-10(19)15(8(6)18)7(17)1-3-14-4-2-12-9(14)16(20)21;7-5(11)1-3-9-4-2-8-6(9)10(12)13;10-5(11)1-3-8-4-2-7-6(8)9(12)13/h2,4-5H,1,3H2,(H,13,18,19);2,4-5H,1,3H2,(H,13,19);2,4H,1,3H2;2,4H,1,3H2,(H,10,11). The highest BCUT2D eigenvalue weighted by Gasteiger charge is 2.20. The summed E-state index contributed by atoms with van der Waals surface area (Å²) in [6.07, 6.45) is 10.5. The zero-order valence-electron chi connectivity index (χ0n) is 33.8. The van der Waals surface area contributed by atoms with Crippen molar-refractivity contribution in [2.24, 2.45) is 0 Å². The molecule has 6 heterocycles. The fourth-order valence-corrected chi connectivity index (χ4v) is 5.07. The fraction of sp³-hybridized carbons (Fsp3) is 0.250. The van der Waals surface area contributed by atoms with Crippen molar-refractivity contribution in [3.8, 4) is 0 Å². The van der Waals surface area contributed by atoms with E-state index in [0.29, 0.717) is 17.0 Å². The van der Waals surface area contributed by atoms with Crippen molar-refractivity contribution in [3.05, 3.63) is 156 Å². The van der Waals surface area contributed by atoms with Crippen LogP contribution in [0, 0.1) is 52.1 Å². The highest BCUT2D eigenvalue weighted by molar-refractivity contribution is 6.63. The molecule has 0 aliphatic carbocycles. The monoisotopic (exact) mass is 982 g/mol. The number of nitrogens with zero attached hydrogens (tertiary/aromatic N) is 14. The second-order valence-corrected chi connectivity index (χ2v) is 12.9. The van der Waals surface area contributed by atoms with Crippen LogP contribution >= 0.6 is 11.6 Å². The lowest BCUT2D eigenvalue weighted by molar-refractivity contribution is -0.396. The molecule has 33 nitrogen and oxygen atoms in total. The Hall–Kier alpha value is -9.57. The number of aliphatic carboxylic acids is 1. The normalized spacial score (nSPS) is 10.3. The van der Waals surface area contributed by atoms with Gasteiger partial charge >= 0.3 is 41.1 Å². The molecule has 0 atom stereocenters. The van der Waals surface area contributed by atoms with Crippen molar-refractivity contribution >= 4 is 58.4 Å². The Morgan fingerprint density at radius 3 is 1.37 bits per heavy atom. The highest BCUT2D eigenvalue weighted by Crippen LogP contribution is 2.11. The smallest absolute Gasteiger partial charge is 0.434 e. The molecule has 0 aliphatic heterocycles. The zero-order chi connectivity index (χ0) is 50.8. The number of hydrogen-bond donors (Lipinski definition) is 3. The van der Waals surface area contributed by atoms with Gasteiger partial charge in [-0.05, 0) is 31.3 Å². The molecule has 6 rings (SSSR count). The Morgan fingerprint density at radius 2 is 0.985 bits per heavy atom. The summed E-state index contributed by atoms with van der Waals surface area (Å²) in [7, 11) is 0. The number of carboxylic acids is 1. The summed E-state index contributed by atoms with van der Waals surface area (Å²) in [6, 6.07) is 0. The van der Waals surface area contributed by atoms with Gasteiger partial charge in [0.05, 0.1) is 58.1 Å². The Bertz CT molecular complexity index is 3020. The second kappa shape index (κ2) is 24.5. The number of rotatable bonds is 16. The zero-order valence-corrected chi connectivity index (χ0v) is 34.6. The van der Waals surface area contributed by atoms with Crippen LogP contribution in [0.25, 0.3) is 0 Å². The predicted molar refractivity (Wildman–Crippen MR) is 216 cm³/mol. The van der Waals surface area contributed by atoms with Gasteiger partial charge in [0.1, 0.15) is 49.6 Å². The Kier molecular flexibility index (Phi) is 19.0. The minimum absolute atomic E-state index is 0.0543. The summed E-state index contributed by atoms with van der Waals surface area (Å²) in [6.45, 7) is -0.0653. The van der Waals surface area contributed by atoms with Crippen molar-refractivity contribution in [1.29, 1.82) is 0 Å². The molecule has 0 bridgehead atoms. The number of H-pyrrole nitrogens is 2. The summed E-state index contributed by atoms with van der Waals surface area (Å²) < 4.78 is 31.2. The minimum atomic E-state index is -1.37. The number of carbonyl (C=O) groups is 4. The number of carboxylic acid groups (broad SMARTS) is 1. The number of aromatic amines is 2. The van der Waals surface area contributed by atoms with Crippen LogP contribution in [0.3, 0.4) is 0 Å². The van der Waals surface area contributed by atoms with E-state index in [1.54, 1.807) is 4.98 Å². The van der Waals surface area contributed by atoms with Gasteiger partial charge in [-0.1, -0.05) is 19.9 Å². The Labute approximate surface area is 375 Å². The quantitative estimate of drug-likeness (QED) is 0.0664. The molecule has 0 aliphatic rings. The van der Waals surface area contributed by atoms with Gasteiger partial charge in [0, 0.05) is 6.20 Å². The lowest BCUT2D eigenvalue weighted by atomic mass is 10.4. The van der Waals surface area contributed by atoms with E-state index in [4.69, 9.17) is 16.7 Å². The largest absolute Gasteiger partial charge is 0.481 e. The fourth-order valence-electron chi connectivity index (χ4n) is 4.99. The third kappa shape index (κ3) is 15.0. The van der Waals surface area contributed by atoms with Crippen LogP contribution < -0.4 is 22.5 Å². The molecule has 0 fully saturated rings. The molecule has 0 radical (unpaired) electrons. The van der Waals surface area contributed by atoms with Crippen molar-refractivity contribution < 1.29 is 52.8 Å². The van der Waals surface area contributed by atoms with Gasteiger partial charge in [-0.3, -0.25) is 33.8 Å². The van der Waals surface area contributed by atoms with E-state index in [1.807, 2.05) is 4.98 Å². The third-order valence-corrected chi connectivity index (χ3v) is 8.21. The average molecular weight is 983 g/mol. The van der Waals surface area contributed by atoms with Crippen LogP contribution in [0.1, 0.15) is 35.3 Å². The van der Waals surface area contributed by atoms with Gasteiger partial charge < -0.3 is 50.5 Å². The molecule has 0 unspecified atom stereocenters. The van der Waals surface area contributed by atoms with Gasteiger partial charge in [0.25, 0.3) is 11.1 Å². The number of carbonyl (C=O) groups excluding carboxylic acids is 3. The van der Waals surface area contributed by atoms with Gasteiger partial charge in [-0.25, -0.2) is 32.4 Å². The Morgan fingerprint density at radius 1 is 0.603 bits per heavy atom. The number of hydrogen-bond acceptors (Lipinski definition) is 20. The van der Waals surface area contributed by atoms with E-state index < -0.39 is 95.2 Å². The minimum Gasteiger partial charge on any atom is -0.481 e. The molecule has 3 N–H and O–H groups in total. The van der Waals surface area contributed by atoms with Crippen molar-refractivity contribution in [3.63, 3.8) is 0 Å². The molecule has 0 saturated heterocycles. The number of imidazole rings is 4. The number of nitro groups is 4. The average Bonchev–Trinajstić information content (AvgIpc) is 4.12. The summed E-state index contributed by atoms with van der Waals surface area (Å²) >= 11 is 5.08. The van der Waals surface area contributed by atoms with E-state index in [9.17, 15) is 87.6 Å². The summed E-state index contributed by atoms with van der Waals surface area (Å²) in [5, 5.41) is 49.7. The van der Waals surface area contributed by atoms with Gasteiger partial charge in [-0.2, -0.15) is 13.3 Å². The first-order valence-electron chi connectivity index (χ1n) is 18.1. The van der Waals surface area contributed by atoms with Crippen molar-refractivity contribution in [2.75, 3.05) is 0 Å². The molecule has 36 heteroatoms. The van der Waals surface area contributed by atoms with Crippen LogP contribution in [0.2, 0.25) is 0 Å². The lowest BCUT2D eigenvalue weighted by Crippen LogP contribution is -2.41. The SMILES string of the molecule is O=C(CCn1ccnc1[N+](=O)[O-])n1c(=O)[nH]cc(F)c1=O.O=C(CCn1ccnc1[N+](=O)[O-])n1cc(F)c(=O)[nH]c1=O.O=C(Cl)CCn1ccnc1[N+](=O)[O-].O=C(O)CCn1ccnc1[N+](=O)[O-]. The van der Waals surface area contributed by atoms with Crippen molar-refractivity contribution in [1.82, 2.24) is 57.3 Å². The molecular weight excluding hydrogens is 954 g/mol. The Balaban J connectivity index is 0.000000247. The number of halogens is 3. The van der Waals surface area contributed by atoms with E-state index in [1.165, 1.54) is 58.7 Å². The molecule has 6 aromatic rings. The van der Waals surface area contributed by atoms with E-state index >= 15 is 0 Å². The maximum Gasteiger partial charge on any atom is 0.434 e. The molecule has 68 heavy (non-hydrogen) atoms. The third-order valence-electron chi connectivity index (χ3n) is 8.03. The molecule has 0 aromatic carbocycles. The van der Waals surface area contributed by atoms with Gasteiger partial charge in [-0.15, -0.1) is 0 Å². The number of aryl methyl sites for hydroxylation is 4. The maximum absolute atomic E-state index is 13.0. The van der Waals surface area contributed by atoms with Crippen LogP contribution in [0.15, 0.2) is 81.1 Å². The van der Waals surface area contributed by atoms with Crippen LogP contribution in [-0.2, 0) is 35.8 Å². The molecule has 6 aromatic heterocycles. The molecule has 0 amide bonds. The first-order chi connectivity index (χ1) is 32.0. The number of nitrogens with one attached hydrogen (secondary N) is 2. The summed E-state index contributed by atoms with van der Waals surface area (Å²) in [4.78, 5) is 146. The van der Waals surface area contributed by atoms with E-state index in [-0.39, 0.29) is 61.9 Å². The first kappa shape index (κ1) is 52.8. The topological polar surface area (TPSA) is 442 Å². The van der Waals surface area contributed by atoms with Gasteiger partial charge in [0.2, 0.25) is 28.7 Å². The second-order valence-electron chi connectivity index (χ2n) is 12.4. The van der Waals surface area contributed by atoms with E-state index in [2.05, 4.69) is 19.9 Å².